The van der Waals surface area contributed by atoms with Crippen LogP contribution in [0.5, 0.6) is 0 Å². The average Bonchev–Trinajstić information content (AvgIpc) is 3.44. The maximum Gasteiger partial charge on any atom is 0.312 e. The van der Waals surface area contributed by atoms with Crippen molar-refractivity contribution in [2.24, 2.45) is 11.8 Å². The van der Waals surface area contributed by atoms with Crippen molar-refractivity contribution < 1.29 is 29.0 Å². The minimum absolute atomic E-state index is 0.162. The van der Waals surface area contributed by atoms with E-state index in [9.17, 15) is 19.5 Å². The quantitative estimate of drug-likeness (QED) is 0.286. The van der Waals surface area contributed by atoms with E-state index in [0.29, 0.717) is 24.8 Å². The Morgan fingerprint density at radius 2 is 1.92 bits per heavy atom. The highest BCUT2D eigenvalue weighted by Crippen LogP contribution is 2.64. The molecule has 1 N–H and O–H groups in total. The zero-order chi connectivity index (χ0) is 27.9. The number of hydrogen-bond donors (Lipinski definition) is 1. The molecule has 2 bridgehead atoms. The van der Waals surface area contributed by atoms with Gasteiger partial charge in [0.05, 0.1) is 30.8 Å². The Labute approximate surface area is 225 Å². The number of benzene rings is 1. The number of aliphatic hydroxyl groups is 1. The van der Waals surface area contributed by atoms with E-state index in [-0.39, 0.29) is 31.6 Å². The maximum atomic E-state index is 14.5. The number of carbonyl (C=O) groups excluding carboxylic acids is 3. The number of hydrogen-bond acceptors (Lipinski definition) is 6. The van der Waals surface area contributed by atoms with Crippen LogP contribution in [0.1, 0.15) is 58.6 Å². The Morgan fingerprint density at radius 1 is 1.24 bits per heavy atom. The first-order valence-electron chi connectivity index (χ1n) is 13.3. The van der Waals surface area contributed by atoms with Gasteiger partial charge >= 0.3 is 5.97 Å². The van der Waals surface area contributed by atoms with Crippen LogP contribution in [0.25, 0.3) is 0 Å². The number of aliphatic hydroxyl groups excluding tert-OH is 1. The molecule has 2 amide bonds. The largest absolute Gasteiger partial charge is 0.465 e. The molecule has 3 aliphatic rings. The van der Waals surface area contributed by atoms with Crippen molar-refractivity contribution in [1.82, 2.24) is 9.80 Å². The molecule has 4 rings (SSSR count). The van der Waals surface area contributed by atoms with Gasteiger partial charge in [-0.3, -0.25) is 14.4 Å². The summed E-state index contributed by atoms with van der Waals surface area (Å²) < 4.78 is 12.2. The van der Waals surface area contributed by atoms with Crippen molar-refractivity contribution in [3.05, 3.63) is 61.2 Å². The Kier molecular flexibility index (Phi) is 7.60. The van der Waals surface area contributed by atoms with E-state index in [0.717, 1.165) is 0 Å². The predicted molar refractivity (Wildman–Crippen MR) is 143 cm³/mol. The Hall–Kier alpha value is -2.97. The van der Waals surface area contributed by atoms with Crippen LogP contribution in [0.15, 0.2) is 55.6 Å². The summed E-state index contributed by atoms with van der Waals surface area (Å²) in [6, 6.07) is 7.36. The van der Waals surface area contributed by atoms with Crippen molar-refractivity contribution >= 4 is 17.8 Å². The molecule has 0 radical (unpaired) electrons. The molecule has 1 spiro atoms. The van der Waals surface area contributed by atoms with Crippen LogP contribution in [-0.4, -0.2) is 75.2 Å². The maximum absolute atomic E-state index is 14.5. The van der Waals surface area contributed by atoms with Crippen LogP contribution in [0.4, 0.5) is 0 Å². The highest BCUT2D eigenvalue weighted by molar-refractivity contribution is 5.99. The van der Waals surface area contributed by atoms with Gasteiger partial charge in [-0.05, 0) is 52.5 Å². The molecule has 3 aliphatic heterocycles. The third-order valence-corrected chi connectivity index (χ3v) is 8.35. The van der Waals surface area contributed by atoms with Crippen LogP contribution in [-0.2, 0) is 23.9 Å². The fourth-order valence-corrected chi connectivity index (χ4v) is 6.67. The van der Waals surface area contributed by atoms with Crippen LogP contribution >= 0.6 is 0 Å². The van der Waals surface area contributed by atoms with E-state index < -0.39 is 46.6 Å². The molecule has 3 heterocycles. The van der Waals surface area contributed by atoms with Gasteiger partial charge in [0, 0.05) is 12.1 Å². The Bertz CT molecular complexity index is 1100. The van der Waals surface area contributed by atoms with Gasteiger partial charge in [0.15, 0.2) is 0 Å². The van der Waals surface area contributed by atoms with Crippen LogP contribution in [0.3, 0.4) is 0 Å². The fourth-order valence-electron chi connectivity index (χ4n) is 6.67. The zero-order valence-electron chi connectivity index (χ0n) is 22.9. The molecular weight excluding hydrogens is 484 g/mol. The second-order valence-corrected chi connectivity index (χ2v) is 11.7. The first-order chi connectivity index (χ1) is 18.0. The highest BCUT2D eigenvalue weighted by atomic mass is 16.6. The van der Waals surface area contributed by atoms with E-state index in [1.54, 1.807) is 17.1 Å². The van der Waals surface area contributed by atoms with E-state index in [1.165, 1.54) is 4.90 Å². The molecule has 0 saturated carbocycles. The van der Waals surface area contributed by atoms with Crippen molar-refractivity contribution in [2.75, 3.05) is 19.8 Å². The third-order valence-electron chi connectivity index (χ3n) is 8.35. The standard InChI is InChI=1S/C30H40N2O6/c1-7-9-18-37-27(36)23-22-25(34)32(21(19-33)20-13-11-10-12-14-20)24(30(22)16-15-29(23,6)38-30)26(35)31(17-8-2)28(3,4)5/h7-8,10-14,21-24,33H,1-2,9,15-19H2,3-6H3/t21-,22+,23-,24?,29+,30?/m1/s1. The van der Waals surface area contributed by atoms with Crippen molar-refractivity contribution in [1.29, 1.82) is 0 Å². The van der Waals surface area contributed by atoms with Gasteiger partial charge in [0.2, 0.25) is 11.8 Å². The number of rotatable bonds is 10. The Morgan fingerprint density at radius 3 is 2.50 bits per heavy atom. The molecule has 6 atom stereocenters. The predicted octanol–water partition coefficient (Wildman–Crippen LogP) is 3.42. The van der Waals surface area contributed by atoms with Crippen LogP contribution < -0.4 is 0 Å². The lowest BCUT2D eigenvalue weighted by Gasteiger charge is -2.43. The van der Waals surface area contributed by atoms with Crippen molar-refractivity contribution in [3.63, 3.8) is 0 Å². The molecule has 38 heavy (non-hydrogen) atoms. The summed E-state index contributed by atoms with van der Waals surface area (Å²) in [6.07, 6.45) is 4.78. The van der Waals surface area contributed by atoms with E-state index in [1.807, 2.05) is 58.0 Å². The number of likely N-dealkylation sites (tertiary alicyclic amines) is 1. The molecule has 8 heteroatoms. The second-order valence-electron chi connectivity index (χ2n) is 11.7. The lowest BCUT2D eigenvalue weighted by atomic mass is 9.66. The lowest BCUT2D eigenvalue weighted by molar-refractivity contribution is -0.163. The molecule has 0 aromatic heterocycles. The summed E-state index contributed by atoms with van der Waals surface area (Å²) >= 11 is 0. The molecule has 1 aromatic rings. The monoisotopic (exact) mass is 524 g/mol. The molecule has 0 aliphatic carbocycles. The van der Waals surface area contributed by atoms with Gasteiger partial charge in [-0.15, -0.1) is 13.2 Å². The van der Waals surface area contributed by atoms with Crippen molar-refractivity contribution in [2.45, 2.75) is 75.8 Å². The molecular formula is C30H40N2O6. The average molecular weight is 525 g/mol. The lowest BCUT2D eigenvalue weighted by Crippen LogP contribution is -2.60. The van der Waals surface area contributed by atoms with Gasteiger partial charge in [-0.1, -0.05) is 42.5 Å². The molecule has 1 aromatic carbocycles. The number of carbonyl (C=O) groups is 3. The molecule has 2 unspecified atom stereocenters. The van der Waals surface area contributed by atoms with Gasteiger partial charge in [-0.25, -0.2) is 0 Å². The smallest absolute Gasteiger partial charge is 0.312 e. The van der Waals surface area contributed by atoms with Crippen LogP contribution in [0, 0.1) is 11.8 Å². The SMILES string of the molecule is C=CCCOC(=O)[C@H]1[C@H]2C(=O)N([C@H](CO)c3ccccc3)C(C(=O)N(CC=C)C(C)(C)C)C23CC[C@]1(C)O3. The van der Waals surface area contributed by atoms with Gasteiger partial charge in [-0.2, -0.15) is 0 Å². The summed E-state index contributed by atoms with van der Waals surface area (Å²) in [5, 5.41) is 10.6. The molecule has 206 valence electrons. The molecule has 3 fully saturated rings. The summed E-state index contributed by atoms with van der Waals surface area (Å²) in [7, 11) is 0. The normalized spacial score (nSPS) is 30.6. The summed E-state index contributed by atoms with van der Waals surface area (Å²) in [5.41, 5.74) is -2.00. The molecule has 8 nitrogen and oxygen atoms in total. The fraction of sp³-hybridized carbons (Fsp3) is 0.567. The topological polar surface area (TPSA) is 96.4 Å². The number of amides is 2. The van der Waals surface area contributed by atoms with E-state index >= 15 is 0 Å². The van der Waals surface area contributed by atoms with Gasteiger partial charge in [0.1, 0.15) is 17.6 Å². The number of ether oxygens (including phenoxy) is 2. The number of esters is 1. The minimum atomic E-state index is -1.21. The summed E-state index contributed by atoms with van der Waals surface area (Å²) in [6.45, 7) is 15.2. The minimum Gasteiger partial charge on any atom is -0.465 e. The highest BCUT2D eigenvalue weighted by Gasteiger charge is 2.79. The molecule has 3 saturated heterocycles. The van der Waals surface area contributed by atoms with Crippen LogP contribution in [0.2, 0.25) is 0 Å². The number of fused-ring (bicyclic) bond motifs is 1. The third kappa shape index (κ3) is 4.37. The van der Waals surface area contributed by atoms with Crippen molar-refractivity contribution in [3.8, 4) is 0 Å². The van der Waals surface area contributed by atoms with Gasteiger partial charge < -0.3 is 24.4 Å². The first kappa shape index (κ1) is 28.0. The second kappa shape index (κ2) is 10.3. The zero-order valence-corrected chi connectivity index (χ0v) is 22.9. The first-order valence-corrected chi connectivity index (χ1v) is 13.3. The van der Waals surface area contributed by atoms with Gasteiger partial charge in [0.25, 0.3) is 0 Å². The Balaban J connectivity index is 1.85. The van der Waals surface area contributed by atoms with E-state index in [4.69, 9.17) is 9.47 Å². The number of nitrogens with zero attached hydrogens (tertiary/aromatic N) is 2. The summed E-state index contributed by atoms with van der Waals surface area (Å²) in [4.78, 5) is 45.5. The summed E-state index contributed by atoms with van der Waals surface area (Å²) in [5.74, 6) is -2.90. The van der Waals surface area contributed by atoms with E-state index in [2.05, 4.69) is 13.2 Å².